The molecule has 3 rings (SSSR count). The molecule has 2 heterocycles. The van der Waals surface area contributed by atoms with E-state index < -0.39 is 0 Å². The van der Waals surface area contributed by atoms with E-state index in [1.807, 2.05) is 13.0 Å². The summed E-state index contributed by atoms with van der Waals surface area (Å²) in [6.45, 7) is 3.96. The summed E-state index contributed by atoms with van der Waals surface area (Å²) in [6, 6.07) is 6.45. The van der Waals surface area contributed by atoms with Crippen LogP contribution in [0.4, 0.5) is 4.39 Å². The van der Waals surface area contributed by atoms with Gasteiger partial charge in [0.2, 0.25) is 0 Å². The van der Waals surface area contributed by atoms with Crippen LogP contribution in [0.5, 0.6) is 0 Å². The maximum absolute atomic E-state index is 13.1. The first-order valence-electron chi connectivity index (χ1n) is 7.36. The summed E-state index contributed by atoms with van der Waals surface area (Å²) >= 11 is 6.07. The number of H-pyrrole nitrogens is 1. The number of aliphatic hydroxyl groups excluding tert-OH is 1. The molecule has 118 valence electrons. The van der Waals surface area contributed by atoms with Crippen LogP contribution in [0.25, 0.3) is 0 Å². The number of benzene rings is 1. The largest absolute Gasteiger partial charge is 0.391 e. The molecule has 1 aromatic carbocycles. The Balaban J connectivity index is 1.62. The van der Waals surface area contributed by atoms with Gasteiger partial charge in [-0.1, -0.05) is 17.7 Å². The first-order valence-corrected chi connectivity index (χ1v) is 7.74. The highest BCUT2D eigenvalue weighted by atomic mass is 35.5. The lowest BCUT2D eigenvalue weighted by molar-refractivity contribution is 0.140. The van der Waals surface area contributed by atoms with Crippen LogP contribution in [-0.2, 0) is 13.0 Å². The molecule has 2 atom stereocenters. The van der Waals surface area contributed by atoms with E-state index in [1.54, 1.807) is 6.07 Å². The Kier molecular flexibility index (Phi) is 4.47. The third kappa shape index (κ3) is 3.48. The van der Waals surface area contributed by atoms with Crippen molar-refractivity contribution in [2.45, 2.75) is 26.0 Å². The fourth-order valence-electron chi connectivity index (χ4n) is 3.01. The van der Waals surface area contributed by atoms with Crippen LogP contribution in [0.15, 0.2) is 24.3 Å². The second kappa shape index (κ2) is 6.36. The van der Waals surface area contributed by atoms with Crippen molar-refractivity contribution in [3.63, 3.8) is 0 Å². The highest BCUT2D eigenvalue weighted by Gasteiger charge is 2.32. The second-order valence-electron chi connectivity index (χ2n) is 6.00. The summed E-state index contributed by atoms with van der Waals surface area (Å²) in [5.74, 6) is -0.177. The third-order valence-electron chi connectivity index (χ3n) is 4.12. The van der Waals surface area contributed by atoms with Gasteiger partial charge in [-0.15, -0.1) is 0 Å². The lowest BCUT2D eigenvalue weighted by Crippen LogP contribution is -2.21. The molecule has 1 aromatic heterocycles. The van der Waals surface area contributed by atoms with Crippen LogP contribution in [0.1, 0.15) is 17.0 Å². The Labute approximate surface area is 133 Å². The van der Waals surface area contributed by atoms with Crippen molar-refractivity contribution >= 4 is 11.6 Å². The molecule has 1 aliphatic rings. The van der Waals surface area contributed by atoms with E-state index in [2.05, 4.69) is 15.1 Å². The molecule has 0 aliphatic carbocycles. The fourth-order valence-corrected chi connectivity index (χ4v) is 3.24. The number of likely N-dealkylation sites (tertiary alicyclic amines) is 1. The maximum Gasteiger partial charge on any atom is 0.124 e. The Bertz CT molecular complexity index is 661. The minimum Gasteiger partial charge on any atom is -0.391 e. The molecule has 4 nitrogen and oxygen atoms in total. The molecule has 0 radical (unpaired) electrons. The van der Waals surface area contributed by atoms with Gasteiger partial charge in [-0.25, -0.2) is 4.39 Å². The van der Waals surface area contributed by atoms with Gasteiger partial charge in [0.05, 0.1) is 11.8 Å². The molecule has 2 aromatic rings. The number of hydrogen-bond acceptors (Lipinski definition) is 3. The Morgan fingerprint density at radius 3 is 2.91 bits per heavy atom. The summed E-state index contributed by atoms with van der Waals surface area (Å²) in [5.41, 5.74) is 2.88. The van der Waals surface area contributed by atoms with Crippen molar-refractivity contribution < 1.29 is 9.50 Å². The molecule has 0 amide bonds. The number of aromatic amines is 1. The van der Waals surface area contributed by atoms with Crippen LogP contribution in [-0.4, -0.2) is 39.4 Å². The molecular weight excluding hydrogens is 305 g/mol. The molecule has 1 fully saturated rings. The molecule has 1 aliphatic heterocycles. The van der Waals surface area contributed by atoms with Crippen LogP contribution in [0.2, 0.25) is 5.02 Å². The zero-order valence-electron chi connectivity index (χ0n) is 12.4. The summed E-state index contributed by atoms with van der Waals surface area (Å²) < 4.78 is 13.1. The van der Waals surface area contributed by atoms with Crippen LogP contribution in [0.3, 0.4) is 0 Å². The van der Waals surface area contributed by atoms with Crippen molar-refractivity contribution in [1.29, 1.82) is 0 Å². The summed E-state index contributed by atoms with van der Waals surface area (Å²) in [7, 11) is 0. The van der Waals surface area contributed by atoms with E-state index in [0.717, 1.165) is 29.9 Å². The highest BCUT2D eigenvalue weighted by Crippen LogP contribution is 2.25. The van der Waals surface area contributed by atoms with Gasteiger partial charge < -0.3 is 5.11 Å². The first-order chi connectivity index (χ1) is 10.5. The van der Waals surface area contributed by atoms with E-state index in [0.29, 0.717) is 18.1 Å². The van der Waals surface area contributed by atoms with Gasteiger partial charge in [0.15, 0.2) is 0 Å². The van der Waals surface area contributed by atoms with E-state index in [9.17, 15) is 9.50 Å². The second-order valence-corrected chi connectivity index (χ2v) is 6.41. The maximum atomic E-state index is 13.1. The molecular formula is C16H19ClFN3O. The van der Waals surface area contributed by atoms with Crippen molar-refractivity contribution in [1.82, 2.24) is 15.1 Å². The number of β-amino-alcohol motifs (C(OH)–C–C–N with tert-alkyl or cyclic N) is 1. The van der Waals surface area contributed by atoms with Gasteiger partial charge in [0.1, 0.15) is 5.82 Å². The first kappa shape index (κ1) is 15.5. The van der Waals surface area contributed by atoms with Gasteiger partial charge in [0, 0.05) is 36.3 Å². The lowest BCUT2D eigenvalue weighted by Gasteiger charge is -2.16. The third-order valence-corrected chi connectivity index (χ3v) is 4.47. The van der Waals surface area contributed by atoms with E-state index >= 15 is 0 Å². The predicted molar refractivity (Wildman–Crippen MR) is 83.2 cm³/mol. The lowest BCUT2D eigenvalue weighted by atomic mass is 10.0. The van der Waals surface area contributed by atoms with Crippen molar-refractivity contribution in [2.24, 2.45) is 5.92 Å². The quantitative estimate of drug-likeness (QED) is 0.909. The van der Waals surface area contributed by atoms with Crippen molar-refractivity contribution in [2.75, 3.05) is 13.1 Å². The van der Waals surface area contributed by atoms with Gasteiger partial charge in [0.25, 0.3) is 0 Å². The molecule has 1 saturated heterocycles. The zero-order valence-corrected chi connectivity index (χ0v) is 13.1. The smallest absolute Gasteiger partial charge is 0.124 e. The molecule has 0 saturated carbocycles. The monoisotopic (exact) mass is 323 g/mol. The SMILES string of the molecule is Cc1cc(C[C@@H]2CN(Cc3ccc(F)cc3Cl)C[C@H]2O)n[nH]1. The summed E-state index contributed by atoms with van der Waals surface area (Å²) in [5, 5.41) is 17.8. The molecule has 6 heteroatoms. The van der Waals surface area contributed by atoms with Crippen LogP contribution < -0.4 is 0 Å². The molecule has 0 unspecified atom stereocenters. The summed E-state index contributed by atoms with van der Waals surface area (Å²) in [6.07, 6.45) is 0.371. The average Bonchev–Trinajstić information content (AvgIpc) is 3.00. The topological polar surface area (TPSA) is 52.1 Å². The van der Waals surface area contributed by atoms with Gasteiger partial charge in [-0.3, -0.25) is 10.00 Å². The van der Waals surface area contributed by atoms with E-state index in [4.69, 9.17) is 11.6 Å². The van der Waals surface area contributed by atoms with Crippen molar-refractivity contribution in [3.8, 4) is 0 Å². The minimum absolute atomic E-state index is 0.155. The Hall–Kier alpha value is -1.43. The standard InChI is InChI=1S/C16H19ClFN3O/c1-10-4-14(20-19-10)5-12-8-21(9-16(12)22)7-11-2-3-13(18)6-15(11)17/h2-4,6,12,16,22H,5,7-9H2,1H3,(H,19,20)/t12-,16-/m1/s1. The number of aliphatic hydroxyl groups is 1. The number of rotatable bonds is 4. The number of halogens is 2. The fraction of sp³-hybridized carbons (Fsp3) is 0.438. The molecule has 0 spiro atoms. The van der Waals surface area contributed by atoms with Gasteiger partial charge in [-0.2, -0.15) is 5.10 Å². The van der Waals surface area contributed by atoms with Gasteiger partial charge >= 0.3 is 0 Å². The van der Waals surface area contributed by atoms with E-state index in [1.165, 1.54) is 12.1 Å². The zero-order chi connectivity index (χ0) is 15.7. The van der Waals surface area contributed by atoms with E-state index in [-0.39, 0.29) is 17.8 Å². The number of aromatic nitrogens is 2. The number of nitrogens with one attached hydrogen (secondary N) is 1. The number of aryl methyl sites for hydroxylation is 1. The minimum atomic E-state index is -0.378. The Morgan fingerprint density at radius 2 is 2.23 bits per heavy atom. The van der Waals surface area contributed by atoms with Crippen LogP contribution >= 0.6 is 11.6 Å². The Morgan fingerprint density at radius 1 is 1.41 bits per heavy atom. The molecule has 2 N–H and O–H groups in total. The van der Waals surface area contributed by atoms with Crippen LogP contribution in [0, 0.1) is 18.7 Å². The summed E-state index contributed by atoms with van der Waals surface area (Å²) in [4.78, 5) is 2.15. The predicted octanol–water partition coefficient (Wildman–Crippen LogP) is 2.55. The van der Waals surface area contributed by atoms with Gasteiger partial charge in [-0.05, 0) is 37.1 Å². The number of hydrogen-bond donors (Lipinski definition) is 2. The van der Waals surface area contributed by atoms with Crippen molar-refractivity contribution in [3.05, 3.63) is 52.1 Å². The highest BCUT2D eigenvalue weighted by molar-refractivity contribution is 6.31. The molecule has 22 heavy (non-hydrogen) atoms. The normalized spacial score (nSPS) is 22.4. The average molecular weight is 324 g/mol. The number of nitrogens with zero attached hydrogens (tertiary/aromatic N) is 2. The molecule has 0 bridgehead atoms.